The molecule has 1 aliphatic heterocycles. The second kappa shape index (κ2) is 7.38. The molecule has 28 heavy (non-hydrogen) atoms. The normalized spacial score (nSPS) is 15.9. The third-order valence-electron chi connectivity index (χ3n) is 5.63. The zero-order chi connectivity index (χ0) is 19.7. The number of anilines is 1. The Morgan fingerprint density at radius 2 is 1.79 bits per heavy atom. The molecule has 146 valence electrons. The maximum absolute atomic E-state index is 12.3. The largest absolute Gasteiger partial charge is 0.356 e. The molecule has 2 aromatic heterocycles. The molecule has 3 aromatic rings. The predicted molar refractivity (Wildman–Crippen MR) is 114 cm³/mol. The van der Waals surface area contributed by atoms with Crippen LogP contribution in [0.3, 0.4) is 0 Å². The topological polar surface area (TPSA) is 51.0 Å². The minimum atomic E-state index is -0.0567. The number of nitrogens with zero attached hydrogens (tertiary/aromatic N) is 4. The van der Waals surface area contributed by atoms with E-state index in [1.54, 1.807) is 10.7 Å². The zero-order valence-corrected chi connectivity index (χ0v) is 16.9. The summed E-state index contributed by atoms with van der Waals surface area (Å²) >= 11 is 0. The number of piperidine rings is 1. The van der Waals surface area contributed by atoms with Crippen LogP contribution in [0, 0.1) is 5.92 Å². The second-order valence-electron chi connectivity index (χ2n) is 8.78. The fraction of sp³-hybridized carbons (Fsp3) is 0.435. The van der Waals surface area contributed by atoms with Gasteiger partial charge in [0.2, 0.25) is 0 Å². The monoisotopic (exact) mass is 376 g/mol. The van der Waals surface area contributed by atoms with Gasteiger partial charge in [-0.05, 0) is 36.3 Å². The smallest absolute Gasteiger partial charge is 0.266 e. The van der Waals surface area contributed by atoms with E-state index in [9.17, 15) is 4.79 Å². The lowest BCUT2D eigenvalue weighted by molar-refractivity contribution is 0.330. The average molecular weight is 377 g/mol. The summed E-state index contributed by atoms with van der Waals surface area (Å²) in [7, 11) is 0. The quantitative estimate of drug-likeness (QED) is 0.693. The average Bonchev–Trinajstić information content (AvgIpc) is 2.69. The van der Waals surface area contributed by atoms with Crippen LogP contribution in [0.4, 0.5) is 5.82 Å². The Kier molecular flexibility index (Phi) is 4.92. The highest BCUT2D eigenvalue weighted by atomic mass is 16.1. The number of fused-ring (bicyclic) bond motifs is 1. The maximum atomic E-state index is 12.3. The molecule has 5 heteroatoms. The summed E-state index contributed by atoms with van der Waals surface area (Å²) in [6.07, 6.45) is 3.97. The fourth-order valence-electron chi connectivity index (χ4n) is 3.91. The van der Waals surface area contributed by atoms with E-state index in [-0.39, 0.29) is 11.0 Å². The Labute approximate surface area is 166 Å². The molecule has 3 heterocycles. The van der Waals surface area contributed by atoms with E-state index in [1.807, 2.05) is 12.3 Å². The van der Waals surface area contributed by atoms with E-state index in [0.717, 1.165) is 37.4 Å². The van der Waals surface area contributed by atoms with E-state index in [2.05, 4.69) is 66.1 Å². The first kappa shape index (κ1) is 18.7. The molecule has 5 nitrogen and oxygen atoms in total. The van der Waals surface area contributed by atoms with E-state index in [4.69, 9.17) is 0 Å². The molecule has 1 fully saturated rings. The van der Waals surface area contributed by atoms with E-state index >= 15 is 0 Å². The van der Waals surface area contributed by atoms with Crippen molar-refractivity contribution in [1.29, 1.82) is 0 Å². The number of benzene rings is 1. The summed E-state index contributed by atoms with van der Waals surface area (Å²) in [5.41, 5.74) is 0.898. The molecule has 1 aromatic carbocycles. The zero-order valence-electron chi connectivity index (χ0n) is 16.9. The lowest BCUT2D eigenvalue weighted by Gasteiger charge is -2.33. The van der Waals surface area contributed by atoms with Crippen molar-refractivity contribution in [3.05, 3.63) is 64.7 Å². The van der Waals surface area contributed by atoms with Crippen molar-refractivity contribution in [2.24, 2.45) is 5.92 Å². The Bertz CT molecular complexity index is 1020. The summed E-state index contributed by atoms with van der Waals surface area (Å²) in [5.74, 6) is 1.54. The second-order valence-corrected chi connectivity index (χ2v) is 8.78. The van der Waals surface area contributed by atoms with Gasteiger partial charge in [-0.3, -0.25) is 4.79 Å². The molecule has 1 aliphatic rings. The molecular formula is C23H28N4O. The van der Waals surface area contributed by atoms with E-state index in [0.29, 0.717) is 12.5 Å². The Balaban J connectivity index is 1.47. The summed E-state index contributed by atoms with van der Waals surface area (Å²) in [4.78, 5) is 19.3. The molecule has 0 N–H and O–H groups in total. The first-order chi connectivity index (χ1) is 13.4. The molecule has 0 bridgehead atoms. The molecule has 0 saturated carbocycles. The molecule has 0 amide bonds. The lowest BCUT2D eigenvalue weighted by Crippen LogP contribution is -2.37. The summed E-state index contributed by atoms with van der Waals surface area (Å²) in [6.45, 7) is 8.98. The molecule has 0 atom stereocenters. The number of pyridine rings is 1. The first-order valence-corrected chi connectivity index (χ1v) is 10.1. The van der Waals surface area contributed by atoms with Crippen LogP contribution in [0.25, 0.3) is 10.8 Å². The minimum Gasteiger partial charge on any atom is -0.356 e. The van der Waals surface area contributed by atoms with Crippen molar-refractivity contribution in [3.63, 3.8) is 0 Å². The predicted octanol–water partition coefficient (Wildman–Crippen LogP) is 4.01. The van der Waals surface area contributed by atoms with Gasteiger partial charge in [-0.25, -0.2) is 9.67 Å². The highest BCUT2D eigenvalue weighted by Gasteiger charge is 2.23. The van der Waals surface area contributed by atoms with Gasteiger partial charge in [0.05, 0.1) is 5.69 Å². The third-order valence-corrected chi connectivity index (χ3v) is 5.63. The van der Waals surface area contributed by atoms with Gasteiger partial charge in [0, 0.05) is 42.7 Å². The minimum absolute atomic E-state index is 0.00819. The Morgan fingerprint density at radius 3 is 2.54 bits per heavy atom. The molecule has 0 spiro atoms. The van der Waals surface area contributed by atoms with Gasteiger partial charge < -0.3 is 4.90 Å². The highest BCUT2D eigenvalue weighted by Crippen LogP contribution is 2.28. The van der Waals surface area contributed by atoms with Crippen molar-refractivity contribution in [1.82, 2.24) is 14.8 Å². The van der Waals surface area contributed by atoms with Gasteiger partial charge in [-0.15, -0.1) is 0 Å². The number of hydrogen-bond acceptors (Lipinski definition) is 4. The number of aromatic nitrogens is 3. The third kappa shape index (κ3) is 3.79. The molecular weight excluding hydrogens is 348 g/mol. The van der Waals surface area contributed by atoms with Crippen molar-refractivity contribution in [2.45, 2.75) is 45.6 Å². The van der Waals surface area contributed by atoms with Crippen LogP contribution >= 0.6 is 0 Å². The molecule has 4 rings (SSSR count). The van der Waals surface area contributed by atoms with Crippen LogP contribution in [0.2, 0.25) is 0 Å². The fourth-order valence-corrected chi connectivity index (χ4v) is 3.91. The van der Waals surface area contributed by atoms with Crippen LogP contribution < -0.4 is 10.5 Å². The molecule has 0 aliphatic carbocycles. The molecule has 0 unspecified atom stereocenters. The first-order valence-electron chi connectivity index (χ1n) is 10.1. The molecule has 1 saturated heterocycles. The van der Waals surface area contributed by atoms with Crippen LogP contribution in [-0.2, 0) is 12.0 Å². The highest BCUT2D eigenvalue weighted by molar-refractivity contribution is 5.92. The van der Waals surface area contributed by atoms with Crippen LogP contribution in [0.1, 0.15) is 39.3 Å². The summed E-state index contributed by atoms with van der Waals surface area (Å²) in [6, 6.07) is 14.0. The van der Waals surface area contributed by atoms with Crippen LogP contribution in [0.5, 0.6) is 0 Å². The Hall–Kier alpha value is -2.69. The van der Waals surface area contributed by atoms with Gasteiger partial charge in [-0.2, -0.15) is 5.10 Å². The van der Waals surface area contributed by atoms with Crippen molar-refractivity contribution in [3.8, 4) is 0 Å². The molecule has 0 radical (unpaired) electrons. The van der Waals surface area contributed by atoms with E-state index in [1.165, 1.54) is 10.8 Å². The maximum Gasteiger partial charge on any atom is 0.266 e. The van der Waals surface area contributed by atoms with Crippen molar-refractivity contribution >= 4 is 16.6 Å². The number of hydrogen-bond donors (Lipinski definition) is 0. The number of rotatable bonds is 3. The van der Waals surface area contributed by atoms with Gasteiger partial charge >= 0.3 is 0 Å². The Morgan fingerprint density at radius 1 is 1.04 bits per heavy atom. The van der Waals surface area contributed by atoms with Gasteiger partial charge in [0.25, 0.3) is 5.56 Å². The van der Waals surface area contributed by atoms with Gasteiger partial charge in [0.15, 0.2) is 0 Å². The van der Waals surface area contributed by atoms with E-state index < -0.39 is 0 Å². The lowest BCUT2D eigenvalue weighted by atomic mass is 9.92. The van der Waals surface area contributed by atoms with Crippen LogP contribution in [-0.4, -0.2) is 27.9 Å². The summed E-state index contributed by atoms with van der Waals surface area (Å²) in [5, 5.41) is 7.07. The SMILES string of the molecule is CC(C)(C)c1ccc(=O)n(CC2CCN(c3nccc4ccccc34)CC2)n1. The van der Waals surface area contributed by atoms with Crippen molar-refractivity contribution in [2.75, 3.05) is 18.0 Å². The van der Waals surface area contributed by atoms with Gasteiger partial charge in [-0.1, -0.05) is 45.0 Å². The van der Waals surface area contributed by atoms with Gasteiger partial charge in [0.1, 0.15) is 5.82 Å². The van der Waals surface area contributed by atoms with Crippen molar-refractivity contribution < 1.29 is 0 Å². The standard InChI is InChI=1S/C23H28N4O/c1-23(2,3)20-8-9-21(28)27(25-20)16-17-11-14-26(15-12-17)22-19-7-5-4-6-18(19)10-13-24-22/h4-10,13,17H,11-12,14-16H2,1-3H3. The van der Waals surface area contributed by atoms with Crippen LogP contribution in [0.15, 0.2) is 53.5 Å². The summed E-state index contributed by atoms with van der Waals surface area (Å²) < 4.78 is 1.66.